The number of hydrogen-bond donors (Lipinski definition) is 1. The minimum Gasteiger partial charge on any atom is -0.480 e. The number of aliphatic carboxylic acids is 1. The van der Waals surface area contributed by atoms with Crippen LogP contribution in [0.4, 0.5) is 5.69 Å². The van der Waals surface area contributed by atoms with Gasteiger partial charge in [-0.05, 0) is 12.1 Å². The zero-order valence-electron chi connectivity index (χ0n) is 9.50. The summed E-state index contributed by atoms with van der Waals surface area (Å²) in [6.45, 7) is 3.70. The fourth-order valence-corrected chi connectivity index (χ4v) is 1.99. The highest BCUT2D eigenvalue weighted by atomic mass is 16.4. The molecule has 2 rings (SSSR count). The number of fused-ring (bicyclic) bond motifs is 1. The van der Waals surface area contributed by atoms with E-state index in [1.807, 2.05) is 0 Å². The van der Waals surface area contributed by atoms with Gasteiger partial charge in [-0.25, -0.2) is 0 Å². The standard InChI is InChI=1S/C13H11NO4/c1-2-7-14-9-6-4-3-5-8(9)11(15)10(12(14)16)13(17)18/h2-6,10H,1,7H2,(H,17,18)/t10-/m1/s1. The largest absolute Gasteiger partial charge is 0.480 e. The molecule has 0 saturated heterocycles. The molecular weight excluding hydrogens is 234 g/mol. The Bertz CT molecular complexity index is 550. The minimum absolute atomic E-state index is 0.174. The molecule has 0 aliphatic carbocycles. The number of para-hydroxylation sites is 1. The quantitative estimate of drug-likeness (QED) is 0.639. The van der Waals surface area contributed by atoms with Gasteiger partial charge in [-0.2, -0.15) is 0 Å². The van der Waals surface area contributed by atoms with Crippen LogP contribution in [0.1, 0.15) is 10.4 Å². The number of anilines is 1. The molecule has 1 atom stereocenters. The van der Waals surface area contributed by atoms with Crippen LogP contribution in [0, 0.1) is 5.92 Å². The molecule has 1 heterocycles. The van der Waals surface area contributed by atoms with Crippen molar-refractivity contribution in [1.29, 1.82) is 0 Å². The normalized spacial score (nSPS) is 18.4. The monoisotopic (exact) mass is 245 g/mol. The Morgan fingerprint density at radius 3 is 2.67 bits per heavy atom. The van der Waals surface area contributed by atoms with E-state index in [1.54, 1.807) is 18.2 Å². The number of carboxylic acids is 1. The van der Waals surface area contributed by atoms with Gasteiger partial charge in [-0.15, -0.1) is 6.58 Å². The SMILES string of the molecule is C=CCN1C(=O)[C@H](C(=O)O)C(=O)c2ccccc21. The van der Waals surface area contributed by atoms with E-state index in [2.05, 4.69) is 6.58 Å². The molecular formula is C13H11NO4. The third kappa shape index (κ3) is 1.69. The smallest absolute Gasteiger partial charge is 0.324 e. The van der Waals surface area contributed by atoms with Gasteiger partial charge in [0.05, 0.1) is 5.69 Å². The molecule has 0 radical (unpaired) electrons. The van der Waals surface area contributed by atoms with Crippen LogP contribution < -0.4 is 4.90 Å². The van der Waals surface area contributed by atoms with Gasteiger partial charge in [0.15, 0.2) is 11.7 Å². The van der Waals surface area contributed by atoms with Gasteiger partial charge in [0, 0.05) is 12.1 Å². The third-order valence-electron chi connectivity index (χ3n) is 2.79. The lowest BCUT2D eigenvalue weighted by Crippen LogP contribution is -2.48. The van der Waals surface area contributed by atoms with Gasteiger partial charge in [-0.3, -0.25) is 14.4 Å². The number of hydrogen-bond acceptors (Lipinski definition) is 3. The molecule has 1 aliphatic rings. The van der Waals surface area contributed by atoms with Gasteiger partial charge in [-0.1, -0.05) is 18.2 Å². The van der Waals surface area contributed by atoms with Crippen molar-refractivity contribution < 1.29 is 19.5 Å². The molecule has 1 aliphatic heterocycles. The van der Waals surface area contributed by atoms with Crippen molar-refractivity contribution in [3.8, 4) is 0 Å². The first kappa shape index (κ1) is 12.0. The molecule has 0 unspecified atom stereocenters. The number of ketones is 1. The van der Waals surface area contributed by atoms with Crippen LogP contribution in [-0.4, -0.2) is 29.3 Å². The summed E-state index contributed by atoms with van der Waals surface area (Å²) < 4.78 is 0. The predicted octanol–water partition coefficient (Wildman–Crippen LogP) is 1.10. The van der Waals surface area contributed by atoms with Crippen molar-refractivity contribution in [2.75, 3.05) is 11.4 Å². The van der Waals surface area contributed by atoms with E-state index in [1.165, 1.54) is 17.0 Å². The summed E-state index contributed by atoms with van der Waals surface area (Å²) in [4.78, 5) is 36.3. The van der Waals surface area contributed by atoms with Crippen LogP contribution >= 0.6 is 0 Å². The lowest BCUT2D eigenvalue weighted by atomic mass is 9.90. The second-order valence-corrected chi connectivity index (χ2v) is 3.89. The molecule has 1 N–H and O–H groups in total. The summed E-state index contributed by atoms with van der Waals surface area (Å²) in [6.07, 6.45) is 1.49. The number of carbonyl (C=O) groups excluding carboxylic acids is 2. The second-order valence-electron chi connectivity index (χ2n) is 3.89. The Labute approximate surface area is 103 Å². The topological polar surface area (TPSA) is 74.7 Å². The summed E-state index contributed by atoms with van der Waals surface area (Å²) in [5, 5.41) is 9.00. The van der Waals surface area contributed by atoms with Gasteiger partial charge >= 0.3 is 5.97 Å². The van der Waals surface area contributed by atoms with E-state index >= 15 is 0 Å². The summed E-state index contributed by atoms with van der Waals surface area (Å²) in [5.41, 5.74) is 0.691. The Hall–Kier alpha value is -2.43. The predicted molar refractivity (Wildman–Crippen MR) is 64.4 cm³/mol. The lowest BCUT2D eigenvalue weighted by molar-refractivity contribution is -0.144. The van der Waals surface area contributed by atoms with Crippen molar-refractivity contribution in [2.45, 2.75) is 0 Å². The number of carbonyl (C=O) groups is 3. The van der Waals surface area contributed by atoms with E-state index in [0.717, 1.165) is 0 Å². The van der Waals surface area contributed by atoms with Crippen LogP contribution in [0.3, 0.4) is 0 Å². The highest BCUT2D eigenvalue weighted by Crippen LogP contribution is 2.30. The molecule has 0 spiro atoms. The molecule has 5 nitrogen and oxygen atoms in total. The molecule has 1 aromatic rings. The fraction of sp³-hybridized carbons (Fsp3) is 0.154. The van der Waals surface area contributed by atoms with Gasteiger partial charge in [0.25, 0.3) is 0 Å². The van der Waals surface area contributed by atoms with Crippen LogP contribution in [-0.2, 0) is 9.59 Å². The van der Waals surface area contributed by atoms with Crippen molar-refractivity contribution in [3.63, 3.8) is 0 Å². The summed E-state index contributed by atoms with van der Waals surface area (Å²) in [5.74, 6) is -4.46. The summed E-state index contributed by atoms with van der Waals surface area (Å²) in [6, 6.07) is 6.47. The Morgan fingerprint density at radius 2 is 2.06 bits per heavy atom. The third-order valence-corrected chi connectivity index (χ3v) is 2.79. The highest BCUT2D eigenvalue weighted by molar-refractivity contribution is 6.30. The van der Waals surface area contributed by atoms with Crippen LogP contribution in [0.15, 0.2) is 36.9 Å². The molecule has 0 bridgehead atoms. The fourth-order valence-electron chi connectivity index (χ4n) is 1.99. The van der Waals surface area contributed by atoms with Gasteiger partial charge < -0.3 is 10.0 Å². The zero-order valence-corrected chi connectivity index (χ0v) is 9.50. The number of nitrogens with zero attached hydrogens (tertiary/aromatic N) is 1. The number of rotatable bonds is 3. The number of Topliss-reactive ketones (excluding diaryl/α,β-unsaturated/α-hetero) is 1. The number of carboxylic acid groups (broad SMARTS) is 1. The highest BCUT2D eigenvalue weighted by Gasteiger charge is 2.43. The molecule has 1 aromatic carbocycles. The number of benzene rings is 1. The minimum atomic E-state index is -1.65. The Morgan fingerprint density at radius 1 is 1.39 bits per heavy atom. The van der Waals surface area contributed by atoms with Crippen LogP contribution in [0.25, 0.3) is 0 Å². The Kier molecular flexibility index (Phi) is 2.97. The Balaban J connectivity index is 2.59. The first-order chi connectivity index (χ1) is 8.57. The average molecular weight is 245 g/mol. The van der Waals surface area contributed by atoms with Crippen molar-refractivity contribution in [1.82, 2.24) is 0 Å². The van der Waals surface area contributed by atoms with Crippen LogP contribution in [0.2, 0.25) is 0 Å². The molecule has 92 valence electrons. The first-order valence-corrected chi connectivity index (χ1v) is 5.36. The molecule has 0 fully saturated rings. The van der Waals surface area contributed by atoms with E-state index in [-0.39, 0.29) is 12.1 Å². The molecule has 0 aromatic heterocycles. The van der Waals surface area contributed by atoms with E-state index < -0.39 is 23.6 Å². The van der Waals surface area contributed by atoms with E-state index in [9.17, 15) is 14.4 Å². The lowest BCUT2D eigenvalue weighted by Gasteiger charge is -2.30. The van der Waals surface area contributed by atoms with Crippen molar-refractivity contribution in [3.05, 3.63) is 42.5 Å². The van der Waals surface area contributed by atoms with E-state index in [4.69, 9.17) is 5.11 Å². The maximum atomic E-state index is 12.0. The molecule has 1 amide bonds. The average Bonchev–Trinajstić information content (AvgIpc) is 2.34. The van der Waals surface area contributed by atoms with Gasteiger partial charge in [0.2, 0.25) is 5.91 Å². The van der Waals surface area contributed by atoms with Crippen LogP contribution in [0.5, 0.6) is 0 Å². The molecule has 5 heteroatoms. The second kappa shape index (κ2) is 4.44. The zero-order chi connectivity index (χ0) is 13.3. The molecule has 18 heavy (non-hydrogen) atoms. The van der Waals surface area contributed by atoms with Crippen molar-refractivity contribution >= 4 is 23.3 Å². The summed E-state index contributed by atoms with van der Waals surface area (Å²) in [7, 11) is 0. The summed E-state index contributed by atoms with van der Waals surface area (Å²) >= 11 is 0. The number of amides is 1. The van der Waals surface area contributed by atoms with Gasteiger partial charge in [0.1, 0.15) is 0 Å². The maximum absolute atomic E-state index is 12.0. The van der Waals surface area contributed by atoms with E-state index in [0.29, 0.717) is 5.69 Å². The maximum Gasteiger partial charge on any atom is 0.324 e. The first-order valence-electron chi connectivity index (χ1n) is 5.36. The van der Waals surface area contributed by atoms with Crippen molar-refractivity contribution in [2.24, 2.45) is 5.92 Å². The molecule has 0 saturated carbocycles.